The second-order valence-electron chi connectivity index (χ2n) is 3.51. The highest BCUT2D eigenvalue weighted by Gasteiger charge is 2.33. The van der Waals surface area contributed by atoms with E-state index in [1.54, 1.807) is 0 Å². The summed E-state index contributed by atoms with van der Waals surface area (Å²) in [6, 6.07) is 0.676. The van der Waals surface area contributed by atoms with Crippen LogP contribution in [0.25, 0.3) is 0 Å². The van der Waals surface area contributed by atoms with Gasteiger partial charge in [0.05, 0.1) is 26.7 Å². The van der Waals surface area contributed by atoms with Gasteiger partial charge in [0.15, 0.2) is 0 Å². The number of nitrogens with one attached hydrogen (secondary N) is 1. The van der Waals surface area contributed by atoms with Crippen molar-refractivity contribution >= 4 is 5.96 Å². The Labute approximate surface area is 67.7 Å². The Morgan fingerprint density at radius 2 is 2.45 bits per heavy atom. The predicted octanol–water partition coefficient (Wildman–Crippen LogP) is -0.318. The zero-order valence-corrected chi connectivity index (χ0v) is 7.30. The second-order valence-corrected chi connectivity index (χ2v) is 3.51. The molecular weight excluding hydrogens is 138 g/mol. The van der Waals surface area contributed by atoms with Crippen LogP contribution in [-0.4, -0.2) is 48.2 Å². The Bertz CT molecular complexity index is 198. The van der Waals surface area contributed by atoms with Crippen molar-refractivity contribution in [3.8, 4) is 0 Å². The molecule has 0 saturated heterocycles. The molecule has 0 spiro atoms. The summed E-state index contributed by atoms with van der Waals surface area (Å²) in [4.78, 5) is 2.33. The number of hydrogen-bond donors (Lipinski definition) is 1. The van der Waals surface area contributed by atoms with Crippen molar-refractivity contribution in [1.82, 2.24) is 10.2 Å². The van der Waals surface area contributed by atoms with Crippen molar-refractivity contribution in [3.05, 3.63) is 0 Å². The van der Waals surface area contributed by atoms with E-state index in [2.05, 4.69) is 28.8 Å². The number of rotatable bonds is 0. The Hall–Kier alpha value is -0.730. The van der Waals surface area contributed by atoms with Crippen LogP contribution in [0.3, 0.4) is 0 Å². The van der Waals surface area contributed by atoms with E-state index < -0.39 is 0 Å². The minimum absolute atomic E-state index is 0.676. The lowest BCUT2D eigenvalue weighted by Crippen LogP contribution is -2.44. The van der Waals surface area contributed by atoms with Gasteiger partial charge in [0, 0.05) is 6.42 Å². The summed E-state index contributed by atoms with van der Waals surface area (Å²) < 4.78 is 2.44. The molecule has 2 heterocycles. The summed E-state index contributed by atoms with van der Waals surface area (Å²) >= 11 is 0. The molecular formula is C8H16N3+. The Balaban J connectivity index is 2.20. The lowest BCUT2D eigenvalue weighted by molar-refractivity contribution is -0.526. The maximum absolute atomic E-state index is 3.43. The number of nitrogens with zero attached hydrogens (tertiary/aromatic N) is 2. The molecule has 11 heavy (non-hydrogen) atoms. The fourth-order valence-corrected chi connectivity index (χ4v) is 1.86. The summed E-state index contributed by atoms with van der Waals surface area (Å²) in [5.74, 6) is 1.34. The molecule has 2 aliphatic rings. The molecule has 0 fully saturated rings. The van der Waals surface area contributed by atoms with Gasteiger partial charge in [0.2, 0.25) is 0 Å². The third kappa shape index (κ3) is 0.988. The fourth-order valence-electron chi connectivity index (χ4n) is 1.86. The van der Waals surface area contributed by atoms with E-state index in [-0.39, 0.29) is 0 Å². The number of likely N-dealkylation sites (N-methyl/N-ethyl adjacent to an activating group) is 1. The number of hydrogen-bond acceptors (Lipinski definition) is 2. The number of guanidine groups is 1. The highest BCUT2D eigenvalue weighted by atomic mass is 15.4. The first-order valence-electron chi connectivity index (χ1n) is 4.37. The molecule has 0 aromatic heterocycles. The lowest BCUT2D eigenvalue weighted by Gasteiger charge is -2.15. The molecule has 0 saturated carbocycles. The largest absolute Gasteiger partial charge is 0.348 e. The van der Waals surface area contributed by atoms with E-state index in [1.807, 2.05) is 0 Å². The molecule has 0 aromatic carbocycles. The molecule has 0 radical (unpaired) electrons. The molecule has 2 aliphatic heterocycles. The van der Waals surface area contributed by atoms with Crippen LogP contribution >= 0.6 is 0 Å². The van der Waals surface area contributed by atoms with E-state index in [1.165, 1.54) is 25.5 Å². The summed E-state index contributed by atoms with van der Waals surface area (Å²) in [5.41, 5.74) is 0. The van der Waals surface area contributed by atoms with Crippen molar-refractivity contribution in [3.63, 3.8) is 0 Å². The van der Waals surface area contributed by atoms with Crippen LogP contribution in [0.15, 0.2) is 0 Å². The van der Waals surface area contributed by atoms with Gasteiger partial charge in [-0.2, -0.15) is 0 Å². The van der Waals surface area contributed by atoms with Crippen molar-refractivity contribution in [2.45, 2.75) is 19.4 Å². The van der Waals surface area contributed by atoms with Crippen LogP contribution in [0.4, 0.5) is 0 Å². The van der Waals surface area contributed by atoms with Gasteiger partial charge >= 0.3 is 5.96 Å². The SMILES string of the molecule is CC1C[N+]2=C(NCCC2)N1C. The normalized spacial score (nSPS) is 30.4. The highest BCUT2D eigenvalue weighted by Crippen LogP contribution is 2.08. The summed E-state index contributed by atoms with van der Waals surface area (Å²) in [6.07, 6.45) is 1.28. The van der Waals surface area contributed by atoms with Gasteiger partial charge in [-0.15, -0.1) is 0 Å². The average molecular weight is 154 g/mol. The topological polar surface area (TPSA) is 18.3 Å². The minimum Gasteiger partial charge on any atom is -0.278 e. The van der Waals surface area contributed by atoms with Crippen molar-refractivity contribution < 1.29 is 4.58 Å². The summed E-state index contributed by atoms with van der Waals surface area (Å²) in [7, 11) is 2.16. The smallest absolute Gasteiger partial charge is 0.278 e. The van der Waals surface area contributed by atoms with Crippen LogP contribution in [0, 0.1) is 0 Å². The maximum atomic E-state index is 3.43. The van der Waals surface area contributed by atoms with Gasteiger partial charge in [0.1, 0.15) is 6.04 Å². The molecule has 0 aliphatic carbocycles. The van der Waals surface area contributed by atoms with E-state index in [0.29, 0.717) is 6.04 Å². The molecule has 1 unspecified atom stereocenters. The standard InChI is InChI=1S/C8H15N3/c1-7-6-11-5-3-4-9-8(11)10(7)2/h7H,3-6H2,1-2H3/p+1. The average Bonchev–Trinajstić information content (AvgIpc) is 2.30. The maximum Gasteiger partial charge on any atom is 0.348 e. The zero-order chi connectivity index (χ0) is 7.84. The molecule has 3 heteroatoms. The van der Waals surface area contributed by atoms with Crippen LogP contribution in [0.1, 0.15) is 13.3 Å². The molecule has 0 bridgehead atoms. The van der Waals surface area contributed by atoms with Gasteiger partial charge < -0.3 is 0 Å². The van der Waals surface area contributed by atoms with E-state index in [4.69, 9.17) is 0 Å². The van der Waals surface area contributed by atoms with Gasteiger partial charge in [-0.1, -0.05) is 0 Å². The van der Waals surface area contributed by atoms with Gasteiger partial charge in [-0.05, 0) is 6.92 Å². The van der Waals surface area contributed by atoms with Crippen LogP contribution in [-0.2, 0) is 0 Å². The molecule has 1 N–H and O–H groups in total. The first kappa shape index (κ1) is 6.95. The van der Waals surface area contributed by atoms with E-state index in [0.717, 1.165) is 6.54 Å². The first-order chi connectivity index (χ1) is 5.29. The summed E-state index contributed by atoms with van der Waals surface area (Å²) in [5, 5.41) is 3.43. The third-order valence-electron chi connectivity index (χ3n) is 2.67. The predicted molar refractivity (Wildman–Crippen MR) is 44.8 cm³/mol. The zero-order valence-electron chi connectivity index (χ0n) is 7.30. The van der Waals surface area contributed by atoms with Gasteiger partial charge in [0.25, 0.3) is 0 Å². The lowest BCUT2D eigenvalue weighted by atomic mass is 10.3. The monoisotopic (exact) mass is 154 g/mol. The third-order valence-corrected chi connectivity index (χ3v) is 2.67. The van der Waals surface area contributed by atoms with Gasteiger partial charge in [-0.25, -0.2) is 0 Å². The Kier molecular flexibility index (Phi) is 1.51. The fraction of sp³-hybridized carbons (Fsp3) is 0.875. The Morgan fingerprint density at radius 1 is 1.64 bits per heavy atom. The van der Waals surface area contributed by atoms with E-state index in [9.17, 15) is 0 Å². The molecule has 0 amide bonds. The van der Waals surface area contributed by atoms with Crippen LogP contribution < -0.4 is 5.32 Å². The van der Waals surface area contributed by atoms with Crippen molar-refractivity contribution in [1.29, 1.82) is 0 Å². The quantitative estimate of drug-likeness (QED) is 0.482. The van der Waals surface area contributed by atoms with Crippen molar-refractivity contribution in [2.24, 2.45) is 0 Å². The summed E-state index contributed by atoms with van der Waals surface area (Å²) in [6.45, 7) is 5.84. The molecule has 2 rings (SSSR count). The Morgan fingerprint density at radius 3 is 3.18 bits per heavy atom. The van der Waals surface area contributed by atoms with Crippen molar-refractivity contribution in [2.75, 3.05) is 26.7 Å². The molecule has 1 atom stereocenters. The minimum atomic E-state index is 0.676. The van der Waals surface area contributed by atoms with Gasteiger partial charge in [-0.3, -0.25) is 14.8 Å². The second kappa shape index (κ2) is 2.40. The highest BCUT2D eigenvalue weighted by molar-refractivity contribution is 5.76. The van der Waals surface area contributed by atoms with Crippen LogP contribution in [0.5, 0.6) is 0 Å². The molecule has 0 aromatic rings. The molecule has 3 nitrogen and oxygen atoms in total. The first-order valence-corrected chi connectivity index (χ1v) is 4.37. The van der Waals surface area contributed by atoms with E-state index >= 15 is 0 Å². The molecule has 62 valence electrons. The van der Waals surface area contributed by atoms with Crippen LogP contribution in [0.2, 0.25) is 0 Å².